The van der Waals surface area contributed by atoms with Crippen molar-refractivity contribution in [2.75, 3.05) is 7.11 Å². The van der Waals surface area contributed by atoms with Crippen LogP contribution < -0.4 is 15.4 Å². The van der Waals surface area contributed by atoms with E-state index in [0.29, 0.717) is 40.3 Å². The van der Waals surface area contributed by atoms with E-state index in [4.69, 9.17) is 37.0 Å². The van der Waals surface area contributed by atoms with Crippen LogP contribution in [-0.2, 0) is 11.3 Å². The molecule has 0 saturated heterocycles. The maximum absolute atomic E-state index is 12.9. The number of benzene rings is 2. The summed E-state index contributed by atoms with van der Waals surface area (Å²) in [7, 11) is 1.42. The number of methoxy groups -OCH3 is 1. The van der Waals surface area contributed by atoms with Crippen LogP contribution in [0.2, 0.25) is 10.0 Å². The Labute approximate surface area is 237 Å². The third-order valence-electron chi connectivity index (χ3n) is 6.71. The molecule has 2 aromatic carbocycles. The van der Waals surface area contributed by atoms with Crippen molar-refractivity contribution in [3.05, 3.63) is 75.8 Å². The molecule has 2 amide bonds. The van der Waals surface area contributed by atoms with Gasteiger partial charge in [-0.25, -0.2) is 0 Å². The number of carbonyl (C=O) groups is 2. The van der Waals surface area contributed by atoms with Crippen molar-refractivity contribution >= 4 is 45.9 Å². The smallest absolute Gasteiger partial charge is 0.290 e. The summed E-state index contributed by atoms with van der Waals surface area (Å²) in [6.07, 6.45) is 1.05. The SMILES string of the molecule is COc1cc(C(=O)NC2(C(=O)NCc3ccc(-n4c(-c5noc(C)n5)c(Cl)c5cc(Cl)ccc54)cc3)CC2)on1. The minimum Gasteiger partial charge on any atom is -0.479 e. The molecule has 13 heteroatoms. The lowest BCUT2D eigenvalue weighted by atomic mass is 10.1. The Kier molecular flexibility index (Phi) is 6.47. The molecule has 0 aliphatic heterocycles. The van der Waals surface area contributed by atoms with Crippen molar-refractivity contribution in [3.8, 4) is 23.1 Å². The van der Waals surface area contributed by atoms with Crippen molar-refractivity contribution < 1.29 is 23.4 Å². The molecule has 1 aliphatic rings. The van der Waals surface area contributed by atoms with Gasteiger partial charge in [-0.1, -0.05) is 40.5 Å². The number of hydrogen-bond donors (Lipinski definition) is 2. The van der Waals surface area contributed by atoms with Gasteiger partial charge in [-0.05, 0) is 53.9 Å². The van der Waals surface area contributed by atoms with Crippen molar-refractivity contribution in [2.45, 2.75) is 31.8 Å². The zero-order valence-corrected chi connectivity index (χ0v) is 22.8. The molecule has 3 heterocycles. The minimum absolute atomic E-state index is 0.0261. The molecule has 0 spiro atoms. The maximum atomic E-state index is 12.9. The Morgan fingerprint density at radius 1 is 1.07 bits per heavy atom. The first-order chi connectivity index (χ1) is 19.3. The number of ether oxygens (including phenoxy) is 1. The van der Waals surface area contributed by atoms with E-state index in [2.05, 4.69) is 25.9 Å². The van der Waals surface area contributed by atoms with Gasteiger partial charge in [-0.2, -0.15) is 4.98 Å². The van der Waals surface area contributed by atoms with Gasteiger partial charge in [-0.15, -0.1) is 0 Å². The molecule has 1 saturated carbocycles. The fourth-order valence-electron chi connectivity index (χ4n) is 4.48. The van der Waals surface area contributed by atoms with Crippen LogP contribution in [0.5, 0.6) is 5.88 Å². The standard InChI is InChI=1S/C27H22Cl2N6O5/c1-14-31-24(34-39-14)23-22(29)18-11-16(28)5-8-19(18)35(23)17-6-3-15(4-7-17)13-30-26(37)27(9-10-27)32-25(36)20-12-21(38-2)33-40-20/h3-8,11-12H,9-10,13H2,1-2H3,(H,30,37)(H,32,36). The normalized spacial score (nSPS) is 13.8. The third-order valence-corrected chi connectivity index (χ3v) is 7.33. The zero-order valence-electron chi connectivity index (χ0n) is 21.3. The lowest BCUT2D eigenvalue weighted by Crippen LogP contribution is -2.48. The van der Waals surface area contributed by atoms with E-state index in [9.17, 15) is 9.59 Å². The van der Waals surface area contributed by atoms with Gasteiger partial charge >= 0.3 is 0 Å². The number of fused-ring (bicyclic) bond motifs is 1. The van der Waals surface area contributed by atoms with Gasteiger partial charge in [0.2, 0.25) is 23.4 Å². The van der Waals surface area contributed by atoms with E-state index in [1.807, 2.05) is 34.9 Å². The van der Waals surface area contributed by atoms with Gasteiger partial charge in [0.1, 0.15) is 11.2 Å². The van der Waals surface area contributed by atoms with Crippen molar-refractivity contribution in [3.63, 3.8) is 0 Å². The van der Waals surface area contributed by atoms with Crippen LogP contribution >= 0.6 is 23.2 Å². The summed E-state index contributed by atoms with van der Waals surface area (Å²) in [4.78, 5) is 29.8. The van der Waals surface area contributed by atoms with Gasteiger partial charge < -0.3 is 29.0 Å². The van der Waals surface area contributed by atoms with E-state index in [0.717, 1.165) is 22.2 Å². The number of aromatic nitrogens is 4. The Morgan fingerprint density at radius 3 is 2.50 bits per heavy atom. The quantitative estimate of drug-likeness (QED) is 0.265. The summed E-state index contributed by atoms with van der Waals surface area (Å²) in [6.45, 7) is 1.98. The second kappa shape index (κ2) is 10.00. The molecular formula is C27H22Cl2N6O5. The number of carbonyl (C=O) groups excluding carboxylic acids is 2. The molecule has 11 nitrogen and oxygen atoms in total. The summed E-state index contributed by atoms with van der Waals surface area (Å²) >= 11 is 13.0. The highest BCUT2D eigenvalue weighted by atomic mass is 35.5. The van der Waals surface area contributed by atoms with Gasteiger partial charge in [0, 0.05) is 29.6 Å². The molecule has 204 valence electrons. The number of nitrogens with one attached hydrogen (secondary N) is 2. The summed E-state index contributed by atoms with van der Waals surface area (Å²) in [5.41, 5.74) is 2.09. The molecule has 3 aromatic heterocycles. The predicted octanol–water partition coefficient (Wildman–Crippen LogP) is 4.87. The summed E-state index contributed by atoms with van der Waals surface area (Å²) < 4.78 is 17.0. The summed E-state index contributed by atoms with van der Waals surface area (Å²) in [5, 5.41) is 15.1. The van der Waals surface area contributed by atoms with E-state index in [1.54, 1.807) is 19.1 Å². The van der Waals surface area contributed by atoms with Crippen molar-refractivity contribution in [1.29, 1.82) is 0 Å². The predicted molar refractivity (Wildman–Crippen MR) is 146 cm³/mol. The molecule has 0 atom stereocenters. The minimum atomic E-state index is -0.975. The number of rotatable bonds is 8. The fraction of sp³-hybridized carbons (Fsp3) is 0.222. The topological polar surface area (TPSA) is 137 Å². The van der Waals surface area contributed by atoms with E-state index in [-0.39, 0.29) is 24.1 Å². The first-order valence-electron chi connectivity index (χ1n) is 12.3. The van der Waals surface area contributed by atoms with Gasteiger partial charge in [-0.3, -0.25) is 9.59 Å². The van der Waals surface area contributed by atoms with E-state index < -0.39 is 11.4 Å². The number of halogens is 2. The largest absolute Gasteiger partial charge is 0.479 e. The first kappa shape index (κ1) is 25.9. The molecule has 40 heavy (non-hydrogen) atoms. The Morgan fingerprint density at radius 2 is 1.85 bits per heavy atom. The van der Waals surface area contributed by atoms with Crippen LogP contribution in [0.1, 0.15) is 34.9 Å². The van der Waals surface area contributed by atoms with Crippen LogP contribution in [0.3, 0.4) is 0 Å². The molecule has 1 aliphatic carbocycles. The van der Waals surface area contributed by atoms with Crippen LogP contribution in [0.25, 0.3) is 28.1 Å². The first-order valence-corrected chi connectivity index (χ1v) is 13.0. The number of nitrogens with zero attached hydrogens (tertiary/aromatic N) is 4. The highest BCUT2D eigenvalue weighted by molar-refractivity contribution is 6.39. The van der Waals surface area contributed by atoms with Crippen LogP contribution in [0, 0.1) is 6.92 Å². The van der Waals surface area contributed by atoms with Crippen LogP contribution in [0.15, 0.2) is 57.6 Å². The third kappa shape index (κ3) is 4.67. The Bertz CT molecular complexity index is 1750. The highest BCUT2D eigenvalue weighted by Gasteiger charge is 2.51. The lowest BCUT2D eigenvalue weighted by Gasteiger charge is -2.16. The second-order valence-corrected chi connectivity index (χ2v) is 10.2. The molecule has 0 bridgehead atoms. The van der Waals surface area contributed by atoms with E-state index in [1.165, 1.54) is 13.2 Å². The van der Waals surface area contributed by atoms with Crippen LogP contribution in [0.4, 0.5) is 0 Å². The molecule has 2 N–H and O–H groups in total. The molecular weight excluding hydrogens is 559 g/mol. The van der Waals surface area contributed by atoms with Crippen molar-refractivity contribution in [2.24, 2.45) is 0 Å². The Hall–Kier alpha value is -4.35. The van der Waals surface area contributed by atoms with Gasteiger partial charge in [0.15, 0.2) is 0 Å². The summed E-state index contributed by atoms with van der Waals surface area (Å²) in [6, 6.07) is 14.4. The van der Waals surface area contributed by atoms with Gasteiger partial charge in [0.25, 0.3) is 11.8 Å². The zero-order chi connectivity index (χ0) is 28.0. The highest BCUT2D eigenvalue weighted by Crippen LogP contribution is 2.40. The average molecular weight is 581 g/mol. The lowest BCUT2D eigenvalue weighted by molar-refractivity contribution is -0.124. The molecule has 5 aromatic rings. The number of amides is 2. The van der Waals surface area contributed by atoms with Gasteiger partial charge in [0.05, 0.1) is 23.7 Å². The number of aryl methyl sites for hydroxylation is 1. The maximum Gasteiger partial charge on any atom is 0.290 e. The molecule has 6 rings (SSSR count). The molecule has 1 fully saturated rings. The second-order valence-electron chi connectivity index (χ2n) is 9.42. The summed E-state index contributed by atoms with van der Waals surface area (Å²) in [5.74, 6) is 0.123. The number of hydrogen-bond acceptors (Lipinski definition) is 8. The monoisotopic (exact) mass is 580 g/mol. The molecule has 0 unspecified atom stereocenters. The van der Waals surface area contributed by atoms with Crippen molar-refractivity contribution in [1.82, 2.24) is 30.5 Å². The average Bonchev–Trinajstić information content (AvgIpc) is 3.25. The molecule has 0 radical (unpaired) electrons. The van der Waals surface area contributed by atoms with Crippen LogP contribution in [-0.4, -0.2) is 44.3 Å². The van der Waals surface area contributed by atoms with E-state index >= 15 is 0 Å². The fourth-order valence-corrected chi connectivity index (χ4v) is 4.97. The Balaban J connectivity index is 1.20.